The van der Waals surface area contributed by atoms with Gasteiger partial charge < -0.3 is 5.11 Å². The van der Waals surface area contributed by atoms with E-state index in [2.05, 4.69) is 0 Å². The maximum atomic E-state index is 10.7. The number of allylic oxidation sites excluding steroid dienone is 1. The Hall–Kier alpha value is -1.28. The third-order valence-electron chi connectivity index (χ3n) is 2.61. The number of aliphatic carboxylic acids is 1. The molecule has 0 heterocycles. The largest absolute Gasteiger partial charge is 0.478 e. The topological polar surface area (TPSA) is 37.3 Å². The second-order valence-corrected chi connectivity index (χ2v) is 4.18. The summed E-state index contributed by atoms with van der Waals surface area (Å²) in [4.78, 5) is 10.7. The van der Waals surface area contributed by atoms with Crippen molar-refractivity contribution in [3.8, 4) is 0 Å². The van der Waals surface area contributed by atoms with Crippen molar-refractivity contribution >= 4 is 23.1 Å². The molecule has 0 radical (unpaired) electrons. The fourth-order valence-electron chi connectivity index (χ4n) is 1.55. The highest BCUT2D eigenvalue weighted by Crippen LogP contribution is 2.28. The molecule has 1 aromatic rings. The summed E-state index contributed by atoms with van der Waals surface area (Å²) in [5.41, 5.74) is 3.79. The van der Waals surface area contributed by atoms with Gasteiger partial charge in [0, 0.05) is 11.1 Å². The molecule has 0 saturated heterocycles. The zero-order chi connectivity index (χ0) is 12.3. The molecule has 1 rings (SSSR count). The van der Waals surface area contributed by atoms with Crippen LogP contribution in [0.25, 0.3) is 5.57 Å². The number of benzene rings is 1. The van der Waals surface area contributed by atoms with Crippen molar-refractivity contribution < 1.29 is 9.90 Å². The number of rotatable bonds is 3. The van der Waals surface area contributed by atoms with Crippen molar-refractivity contribution in [3.63, 3.8) is 0 Å². The number of aryl methyl sites for hydroxylation is 2. The quantitative estimate of drug-likeness (QED) is 0.813. The molecule has 3 heteroatoms. The Bertz CT molecular complexity index is 447. The van der Waals surface area contributed by atoms with Gasteiger partial charge in [-0.1, -0.05) is 24.6 Å². The lowest BCUT2D eigenvalue weighted by Crippen LogP contribution is -1.94. The molecule has 86 valence electrons. The first-order valence-corrected chi connectivity index (χ1v) is 5.54. The molecule has 2 nitrogen and oxygen atoms in total. The van der Waals surface area contributed by atoms with E-state index in [4.69, 9.17) is 16.7 Å². The van der Waals surface area contributed by atoms with Gasteiger partial charge in [0.2, 0.25) is 0 Å². The first kappa shape index (κ1) is 12.8. The van der Waals surface area contributed by atoms with Gasteiger partial charge >= 0.3 is 5.97 Å². The van der Waals surface area contributed by atoms with E-state index in [1.807, 2.05) is 32.9 Å². The molecular formula is C13H15ClO2. The standard InChI is InChI=1S/C13H15ClO2/c1-4-10(7-13(15)16)11-5-8(2)9(3)6-12(11)14/h5-7H,4H2,1-3H3,(H,15,16)/b10-7+. The Balaban J connectivity index is 3.31. The van der Waals surface area contributed by atoms with Crippen LogP contribution < -0.4 is 0 Å². The van der Waals surface area contributed by atoms with Gasteiger partial charge in [0.05, 0.1) is 0 Å². The average molecular weight is 239 g/mol. The zero-order valence-corrected chi connectivity index (χ0v) is 10.4. The summed E-state index contributed by atoms with van der Waals surface area (Å²) in [6.45, 7) is 5.89. The molecule has 1 aromatic carbocycles. The lowest BCUT2D eigenvalue weighted by atomic mass is 9.98. The van der Waals surface area contributed by atoms with Crippen molar-refractivity contribution in [1.82, 2.24) is 0 Å². The molecule has 0 aliphatic carbocycles. The van der Waals surface area contributed by atoms with Crippen LogP contribution >= 0.6 is 11.6 Å². The molecule has 0 atom stereocenters. The minimum atomic E-state index is -0.939. The molecule has 0 spiro atoms. The summed E-state index contributed by atoms with van der Waals surface area (Å²) >= 11 is 6.12. The van der Waals surface area contributed by atoms with Crippen LogP contribution in [0, 0.1) is 13.8 Å². The van der Waals surface area contributed by atoms with E-state index in [1.165, 1.54) is 6.08 Å². The number of carbonyl (C=O) groups is 1. The van der Waals surface area contributed by atoms with Crippen molar-refractivity contribution in [2.24, 2.45) is 0 Å². The minimum absolute atomic E-state index is 0.609. The smallest absolute Gasteiger partial charge is 0.328 e. The van der Waals surface area contributed by atoms with Gasteiger partial charge in [-0.25, -0.2) is 4.79 Å². The van der Waals surface area contributed by atoms with Crippen LogP contribution in [-0.2, 0) is 4.79 Å². The van der Waals surface area contributed by atoms with Gasteiger partial charge in [0.1, 0.15) is 0 Å². The Labute approximate surface area is 101 Å². The lowest BCUT2D eigenvalue weighted by molar-refractivity contribution is -0.131. The second-order valence-electron chi connectivity index (χ2n) is 3.78. The zero-order valence-electron chi connectivity index (χ0n) is 9.67. The van der Waals surface area contributed by atoms with Crippen LogP contribution in [0.2, 0.25) is 5.02 Å². The molecule has 0 bridgehead atoms. The molecule has 0 unspecified atom stereocenters. The highest BCUT2D eigenvalue weighted by Gasteiger charge is 2.08. The average Bonchev–Trinajstić information content (AvgIpc) is 2.20. The van der Waals surface area contributed by atoms with Gasteiger partial charge in [-0.3, -0.25) is 0 Å². The van der Waals surface area contributed by atoms with Crippen LogP contribution in [-0.4, -0.2) is 11.1 Å². The van der Waals surface area contributed by atoms with Crippen molar-refractivity contribution in [1.29, 1.82) is 0 Å². The molecule has 1 N–H and O–H groups in total. The van der Waals surface area contributed by atoms with Crippen LogP contribution in [0.3, 0.4) is 0 Å². The number of hydrogen-bond acceptors (Lipinski definition) is 1. The van der Waals surface area contributed by atoms with E-state index >= 15 is 0 Å². The summed E-state index contributed by atoms with van der Waals surface area (Å²) in [7, 11) is 0. The van der Waals surface area contributed by atoms with E-state index in [0.29, 0.717) is 11.4 Å². The number of halogens is 1. The molecule has 0 aromatic heterocycles. The van der Waals surface area contributed by atoms with Gasteiger partial charge in [0.25, 0.3) is 0 Å². The summed E-state index contributed by atoms with van der Waals surface area (Å²) < 4.78 is 0. The molecule has 0 aliphatic rings. The Morgan fingerprint density at radius 3 is 2.44 bits per heavy atom. The summed E-state index contributed by atoms with van der Waals surface area (Å²) in [6, 6.07) is 3.81. The summed E-state index contributed by atoms with van der Waals surface area (Å²) in [6.07, 6.45) is 1.87. The number of carboxylic acids is 1. The van der Waals surface area contributed by atoms with Gasteiger partial charge in [-0.15, -0.1) is 0 Å². The molecule has 0 fully saturated rings. The SMILES string of the molecule is CC/C(=C\C(=O)O)c1cc(C)c(C)cc1Cl. The van der Waals surface area contributed by atoms with Gasteiger partial charge in [0.15, 0.2) is 0 Å². The third kappa shape index (κ3) is 2.86. The van der Waals surface area contributed by atoms with E-state index in [0.717, 1.165) is 22.3 Å². The Morgan fingerprint density at radius 1 is 1.38 bits per heavy atom. The van der Waals surface area contributed by atoms with Crippen LogP contribution in [0.5, 0.6) is 0 Å². The van der Waals surface area contributed by atoms with E-state index in [1.54, 1.807) is 0 Å². The molecule has 16 heavy (non-hydrogen) atoms. The van der Waals surface area contributed by atoms with E-state index in [-0.39, 0.29) is 0 Å². The van der Waals surface area contributed by atoms with Crippen LogP contribution in [0.15, 0.2) is 18.2 Å². The Kier molecular flexibility index (Phi) is 4.13. The molecule has 0 saturated carbocycles. The van der Waals surface area contributed by atoms with Gasteiger partial charge in [-0.05, 0) is 48.6 Å². The molecule has 0 aliphatic heterocycles. The highest BCUT2D eigenvalue weighted by molar-refractivity contribution is 6.32. The summed E-state index contributed by atoms with van der Waals surface area (Å²) in [5, 5.41) is 9.38. The van der Waals surface area contributed by atoms with Crippen LogP contribution in [0.4, 0.5) is 0 Å². The van der Waals surface area contributed by atoms with E-state index in [9.17, 15) is 4.79 Å². The Morgan fingerprint density at radius 2 is 1.94 bits per heavy atom. The second kappa shape index (κ2) is 5.17. The predicted molar refractivity (Wildman–Crippen MR) is 66.8 cm³/mol. The van der Waals surface area contributed by atoms with Gasteiger partial charge in [-0.2, -0.15) is 0 Å². The van der Waals surface area contributed by atoms with Crippen molar-refractivity contribution in [2.45, 2.75) is 27.2 Å². The molecule has 0 amide bonds. The maximum absolute atomic E-state index is 10.7. The predicted octanol–water partition coefficient (Wildman–Crippen LogP) is 3.83. The van der Waals surface area contributed by atoms with Crippen LogP contribution in [0.1, 0.15) is 30.0 Å². The molecular weight excluding hydrogens is 224 g/mol. The monoisotopic (exact) mass is 238 g/mol. The first-order chi connectivity index (χ1) is 7.45. The maximum Gasteiger partial charge on any atom is 0.328 e. The van der Waals surface area contributed by atoms with Crippen molar-refractivity contribution in [3.05, 3.63) is 39.9 Å². The normalized spacial score (nSPS) is 11.6. The minimum Gasteiger partial charge on any atom is -0.478 e. The van der Waals surface area contributed by atoms with E-state index < -0.39 is 5.97 Å². The third-order valence-corrected chi connectivity index (χ3v) is 2.92. The number of carboxylic acid groups (broad SMARTS) is 1. The fourth-order valence-corrected chi connectivity index (χ4v) is 1.89. The summed E-state index contributed by atoms with van der Waals surface area (Å²) in [5.74, 6) is -0.939. The highest BCUT2D eigenvalue weighted by atomic mass is 35.5. The first-order valence-electron chi connectivity index (χ1n) is 5.16. The fraction of sp³-hybridized carbons (Fsp3) is 0.308. The van der Waals surface area contributed by atoms with Crippen molar-refractivity contribution in [2.75, 3.05) is 0 Å². The number of hydrogen-bond donors (Lipinski definition) is 1. The lowest BCUT2D eigenvalue weighted by Gasteiger charge is -2.10.